The Morgan fingerprint density at radius 2 is 1.84 bits per heavy atom. The molecule has 0 bridgehead atoms. The van der Waals surface area contributed by atoms with Crippen molar-refractivity contribution in [3.63, 3.8) is 0 Å². The first-order valence-corrected chi connectivity index (χ1v) is 13.5. The van der Waals surface area contributed by atoms with Gasteiger partial charge >= 0.3 is 6.09 Å². The summed E-state index contributed by atoms with van der Waals surface area (Å²) in [6.07, 6.45) is 1.84. The van der Waals surface area contributed by atoms with Crippen LogP contribution < -0.4 is 9.47 Å². The molecule has 2 fully saturated rings. The molecule has 8 heteroatoms. The molecule has 0 aliphatic carbocycles. The number of epoxide rings is 1. The smallest absolute Gasteiger partial charge is 0.412 e. The average molecular weight is 528 g/mol. The first-order valence-electron chi connectivity index (χ1n) is 13.5. The van der Waals surface area contributed by atoms with Crippen molar-refractivity contribution >= 4 is 6.09 Å². The Kier molecular flexibility index (Phi) is 9.88. The molecule has 208 valence electrons. The maximum atomic E-state index is 12.8. The van der Waals surface area contributed by atoms with E-state index in [0.717, 1.165) is 42.9 Å². The monoisotopic (exact) mass is 527 g/mol. The van der Waals surface area contributed by atoms with Gasteiger partial charge in [-0.25, -0.2) is 4.79 Å². The van der Waals surface area contributed by atoms with E-state index in [2.05, 4.69) is 12.1 Å². The summed E-state index contributed by atoms with van der Waals surface area (Å²) in [4.78, 5) is 14.5. The fraction of sp³-hybridized carbons (Fsp3) is 0.567. The molecule has 2 heterocycles. The molecule has 8 nitrogen and oxygen atoms in total. The van der Waals surface area contributed by atoms with Crippen LogP contribution in [-0.4, -0.2) is 69.0 Å². The van der Waals surface area contributed by atoms with Gasteiger partial charge in [-0.15, -0.1) is 0 Å². The standard InChI is InChI=1S/C30H41NO7/c1-30(2,3)38-29(32)31-15-14-23(18-28(31)37-21-26-20-36-26)22-10-12-25(13-11-22)35-17-7-16-34-19-24-8-5-6-9-27(24)33-4/h5-6,8-13,23,26,28H,7,14-21H2,1-4H3. The Morgan fingerprint density at radius 3 is 2.55 bits per heavy atom. The van der Waals surface area contributed by atoms with Gasteiger partial charge in [0.2, 0.25) is 0 Å². The second-order valence-corrected chi connectivity index (χ2v) is 10.8. The number of benzene rings is 2. The number of carbonyl (C=O) groups excluding carboxylic acids is 1. The van der Waals surface area contributed by atoms with E-state index in [1.54, 1.807) is 12.0 Å². The van der Waals surface area contributed by atoms with E-state index in [1.165, 1.54) is 5.56 Å². The number of hydrogen-bond donors (Lipinski definition) is 0. The van der Waals surface area contributed by atoms with Gasteiger partial charge in [0.15, 0.2) is 0 Å². The second kappa shape index (κ2) is 13.3. The van der Waals surface area contributed by atoms with Crippen molar-refractivity contribution in [3.8, 4) is 11.5 Å². The molecular weight excluding hydrogens is 486 g/mol. The van der Waals surface area contributed by atoms with Crippen LogP contribution in [0.4, 0.5) is 4.79 Å². The van der Waals surface area contributed by atoms with Crippen LogP contribution in [0.2, 0.25) is 0 Å². The third-order valence-electron chi connectivity index (χ3n) is 6.56. The minimum absolute atomic E-state index is 0.138. The van der Waals surface area contributed by atoms with Crippen molar-refractivity contribution in [2.45, 2.75) is 70.5 Å². The largest absolute Gasteiger partial charge is 0.496 e. The molecule has 2 aliphatic rings. The van der Waals surface area contributed by atoms with E-state index in [0.29, 0.717) is 33.0 Å². The summed E-state index contributed by atoms with van der Waals surface area (Å²) in [6.45, 7) is 9.15. The van der Waals surface area contributed by atoms with Crippen LogP contribution in [0.3, 0.4) is 0 Å². The van der Waals surface area contributed by atoms with Gasteiger partial charge in [-0.05, 0) is 63.3 Å². The number of piperidine rings is 1. The predicted octanol–water partition coefficient (Wildman–Crippen LogP) is 5.54. The van der Waals surface area contributed by atoms with E-state index >= 15 is 0 Å². The zero-order valence-corrected chi connectivity index (χ0v) is 23.0. The molecule has 0 aromatic heterocycles. The fourth-order valence-electron chi connectivity index (χ4n) is 4.49. The Bertz CT molecular complexity index is 1020. The highest BCUT2D eigenvalue weighted by atomic mass is 16.6. The highest BCUT2D eigenvalue weighted by Gasteiger charge is 2.36. The van der Waals surface area contributed by atoms with Crippen LogP contribution in [0.15, 0.2) is 48.5 Å². The minimum atomic E-state index is -0.546. The summed E-state index contributed by atoms with van der Waals surface area (Å²) in [5.74, 6) is 1.97. The van der Waals surface area contributed by atoms with Gasteiger partial charge in [0, 0.05) is 18.5 Å². The molecule has 4 rings (SSSR count). The third kappa shape index (κ3) is 8.61. The molecular formula is C30H41NO7. The normalized spacial score (nSPS) is 21.2. The van der Waals surface area contributed by atoms with E-state index in [1.807, 2.05) is 57.2 Å². The van der Waals surface area contributed by atoms with Crippen molar-refractivity contribution in [2.24, 2.45) is 0 Å². The highest BCUT2D eigenvalue weighted by molar-refractivity contribution is 5.68. The van der Waals surface area contributed by atoms with E-state index in [-0.39, 0.29) is 24.3 Å². The minimum Gasteiger partial charge on any atom is -0.496 e. The SMILES string of the molecule is COc1ccccc1COCCCOc1ccc(C2CCN(C(=O)OC(C)(C)C)C(OCC3CO3)C2)cc1. The molecule has 2 aromatic rings. The lowest BCUT2D eigenvalue weighted by Crippen LogP contribution is -2.49. The van der Waals surface area contributed by atoms with Crippen molar-refractivity contribution in [1.82, 2.24) is 4.90 Å². The maximum Gasteiger partial charge on any atom is 0.412 e. The highest BCUT2D eigenvalue weighted by Crippen LogP contribution is 2.34. The molecule has 0 saturated carbocycles. The number of methoxy groups -OCH3 is 1. The molecule has 38 heavy (non-hydrogen) atoms. The number of rotatable bonds is 12. The van der Waals surface area contributed by atoms with Crippen LogP contribution in [0.5, 0.6) is 11.5 Å². The van der Waals surface area contributed by atoms with Gasteiger partial charge in [-0.2, -0.15) is 0 Å². The molecule has 0 N–H and O–H groups in total. The second-order valence-electron chi connectivity index (χ2n) is 10.8. The number of para-hydroxylation sites is 1. The molecule has 0 spiro atoms. The van der Waals surface area contributed by atoms with Gasteiger partial charge in [-0.1, -0.05) is 30.3 Å². The molecule has 3 atom stereocenters. The van der Waals surface area contributed by atoms with Crippen LogP contribution in [0, 0.1) is 0 Å². The number of amides is 1. The quantitative estimate of drug-likeness (QED) is 0.265. The van der Waals surface area contributed by atoms with Gasteiger partial charge in [0.25, 0.3) is 0 Å². The van der Waals surface area contributed by atoms with Gasteiger partial charge in [-0.3, -0.25) is 4.90 Å². The van der Waals surface area contributed by atoms with Gasteiger partial charge in [0.1, 0.15) is 29.4 Å². The maximum absolute atomic E-state index is 12.8. The van der Waals surface area contributed by atoms with Crippen LogP contribution in [-0.2, 0) is 25.6 Å². The van der Waals surface area contributed by atoms with Crippen molar-refractivity contribution in [2.75, 3.05) is 40.1 Å². The zero-order valence-electron chi connectivity index (χ0n) is 23.0. The van der Waals surface area contributed by atoms with Crippen molar-refractivity contribution in [3.05, 3.63) is 59.7 Å². The molecule has 3 unspecified atom stereocenters. The first-order chi connectivity index (χ1) is 18.3. The summed E-state index contributed by atoms with van der Waals surface area (Å²) >= 11 is 0. The summed E-state index contributed by atoms with van der Waals surface area (Å²) in [5, 5.41) is 0. The molecule has 2 saturated heterocycles. The van der Waals surface area contributed by atoms with E-state index in [4.69, 9.17) is 28.4 Å². The number of likely N-dealkylation sites (tertiary alicyclic amines) is 1. The van der Waals surface area contributed by atoms with Crippen LogP contribution in [0.25, 0.3) is 0 Å². The fourth-order valence-corrected chi connectivity index (χ4v) is 4.49. The Morgan fingerprint density at radius 1 is 1.08 bits per heavy atom. The molecule has 0 radical (unpaired) electrons. The Hall–Kier alpha value is -2.81. The number of nitrogens with zero attached hydrogens (tertiary/aromatic N) is 1. The van der Waals surface area contributed by atoms with Crippen molar-refractivity contribution in [1.29, 1.82) is 0 Å². The number of carbonyl (C=O) groups is 1. The van der Waals surface area contributed by atoms with Gasteiger partial charge in [0.05, 0.1) is 40.1 Å². The lowest BCUT2D eigenvalue weighted by molar-refractivity contribution is -0.0899. The summed E-state index contributed by atoms with van der Waals surface area (Å²) in [7, 11) is 1.67. The van der Waals surface area contributed by atoms with Crippen LogP contribution in [0.1, 0.15) is 57.1 Å². The Balaban J connectivity index is 1.22. The van der Waals surface area contributed by atoms with Crippen LogP contribution >= 0.6 is 0 Å². The zero-order chi connectivity index (χ0) is 27.0. The average Bonchev–Trinajstić information content (AvgIpc) is 3.73. The summed E-state index contributed by atoms with van der Waals surface area (Å²) < 4.78 is 34.1. The van der Waals surface area contributed by atoms with Gasteiger partial charge < -0.3 is 28.4 Å². The number of hydrogen-bond acceptors (Lipinski definition) is 7. The third-order valence-corrected chi connectivity index (χ3v) is 6.56. The molecule has 1 amide bonds. The lowest BCUT2D eigenvalue weighted by atomic mass is 9.88. The summed E-state index contributed by atoms with van der Waals surface area (Å²) in [5.41, 5.74) is 1.71. The topological polar surface area (TPSA) is 79.0 Å². The summed E-state index contributed by atoms with van der Waals surface area (Å²) in [6, 6.07) is 16.1. The number of ether oxygens (including phenoxy) is 6. The van der Waals surface area contributed by atoms with E-state index in [9.17, 15) is 4.79 Å². The first kappa shape index (κ1) is 28.2. The van der Waals surface area contributed by atoms with Crippen molar-refractivity contribution < 1.29 is 33.2 Å². The predicted molar refractivity (Wildman–Crippen MR) is 144 cm³/mol. The van der Waals surface area contributed by atoms with E-state index < -0.39 is 5.60 Å². The Labute approximate surface area is 226 Å². The molecule has 2 aliphatic heterocycles. The lowest BCUT2D eigenvalue weighted by Gasteiger charge is -2.39. The molecule has 2 aromatic carbocycles.